The van der Waals surface area contributed by atoms with Crippen molar-refractivity contribution in [2.75, 3.05) is 0 Å². The van der Waals surface area contributed by atoms with E-state index < -0.39 is 0 Å². The van der Waals surface area contributed by atoms with E-state index in [4.69, 9.17) is 0 Å². The summed E-state index contributed by atoms with van der Waals surface area (Å²) in [5.74, 6) is 0.101. The zero-order valence-corrected chi connectivity index (χ0v) is 8.63. The second-order valence-corrected chi connectivity index (χ2v) is 3.72. The summed E-state index contributed by atoms with van der Waals surface area (Å²) in [4.78, 5) is 4.15. The summed E-state index contributed by atoms with van der Waals surface area (Å²) < 4.78 is 0. The van der Waals surface area contributed by atoms with E-state index in [9.17, 15) is 5.11 Å². The molecule has 0 aliphatic rings. The highest BCUT2D eigenvalue weighted by Crippen LogP contribution is 2.26. The summed E-state index contributed by atoms with van der Waals surface area (Å²) >= 11 is 0. The van der Waals surface area contributed by atoms with Crippen LogP contribution in [-0.4, -0.2) is 10.1 Å². The number of rotatable bonds is 0. The SMILES string of the molecule is Cc1ccc(C)c2c(C)cc(O)nc12. The van der Waals surface area contributed by atoms with Crippen molar-refractivity contribution in [3.63, 3.8) is 0 Å². The van der Waals surface area contributed by atoms with Crippen LogP contribution in [0, 0.1) is 20.8 Å². The lowest BCUT2D eigenvalue weighted by molar-refractivity contribution is 0.455. The second-order valence-electron chi connectivity index (χ2n) is 3.72. The smallest absolute Gasteiger partial charge is 0.211 e. The summed E-state index contributed by atoms with van der Waals surface area (Å²) in [6.07, 6.45) is 0. The highest BCUT2D eigenvalue weighted by atomic mass is 16.3. The first-order valence-corrected chi connectivity index (χ1v) is 4.66. The Hall–Kier alpha value is -1.57. The van der Waals surface area contributed by atoms with Crippen molar-refractivity contribution in [2.24, 2.45) is 0 Å². The maximum absolute atomic E-state index is 9.42. The van der Waals surface area contributed by atoms with Gasteiger partial charge in [0.15, 0.2) is 0 Å². The van der Waals surface area contributed by atoms with Gasteiger partial charge in [0.05, 0.1) is 5.52 Å². The molecule has 0 aliphatic carbocycles. The van der Waals surface area contributed by atoms with Gasteiger partial charge in [-0.25, -0.2) is 4.98 Å². The molecule has 1 aromatic heterocycles. The third-order valence-corrected chi connectivity index (χ3v) is 2.55. The minimum absolute atomic E-state index is 0.101. The van der Waals surface area contributed by atoms with Gasteiger partial charge in [0, 0.05) is 11.5 Å². The quantitative estimate of drug-likeness (QED) is 0.688. The highest BCUT2D eigenvalue weighted by molar-refractivity contribution is 5.88. The first-order valence-electron chi connectivity index (χ1n) is 4.66. The van der Waals surface area contributed by atoms with Crippen LogP contribution >= 0.6 is 0 Å². The number of benzene rings is 1. The van der Waals surface area contributed by atoms with E-state index in [0.717, 1.165) is 22.0 Å². The number of nitrogens with zero attached hydrogens (tertiary/aromatic N) is 1. The minimum atomic E-state index is 0.101. The Kier molecular flexibility index (Phi) is 1.92. The molecule has 0 amide bonds. The Balaban J connectivity index is 3.00. The molecular formula is C12H13NO. The van der Waals surface area contributed by atoms with Gasteiger partial charge in [-0.05, 0) is 37.5 Å². The zero-order chi connectivity index (χ0) is 10.3. The Morgan fingerprint density at radius 1 is 1.00 bits per heavy atom. The van der Waals surface area contributed by atoms with Crippen molar-refractivity contribution in [1.82, 2.24) is 4.98 Å². The number of aryl methyl sites for hydroxylation is 3. The van der Waals surface area contributed by atoms with Gasteiger partial charge in [0.1, 0.15) is 0 Å². The van der Waals surface area contributed by atoms with E-state index in [0.29, 0.717) is 0 Å². The summed E-state index contributed by atoms with van der Waals surface area (Å²) in [6, 6.07) is 5.82. The van der Waals surface area contributed by atoms with E-state index in [1.54, 1.807) is 6.07 Å². The topological polar surface area (TPSA) is 33.1 Å². The maximum atomic E-state index is 9.42. The van der Waals surface area contributed by atoms with Gasteiger partial charge in [0.25, 0.3) is 0 Å². The summed E-state index contributed by atoms with van der Waals surface area (Å²) in [6.45, 7) is 6.07. The summed E-state index contributed by atoms with van der Waals surface area (Å²) in [5, 5.41) is 10.6. The van der Waals surface area contributed by atoms with Gasteiger partial charge in [0.2, 0.25) is 5.88 Å². The molecule has 0 fully saturated rings. The molecule has 2 nitrogen and oxygen atoms in total. The average molecular weight is 187 g/mol. The van der Waals surface area contributed by atoms with E-state index in [1.807, 2.05) is 19.9 Å². The lowest BCUT2D eigenvalue weighted by atomic mass is 10.0. The van der Waals surface area contributed by atoms with Crippen LogP contribution < -0.4 is 0 Å². The van der Waals surface area contributed by atoms with Crippen LogP contribution in [0.2, 0.25) is 0 Å². The molecule has 0 radical (unpaired) electrons. The predicted octanol–water partition coefficient (Wildman–Crippen LogP) is 2.87. The Morgan fingerprint density at radius 3 is 2.36 bits per heavy atom. The lowest BCUT2D eigenvalue weighted by Gasteiger charge is -2.08. The Bertz CT molecular complexity index is 503. The van der Waals surface area contributed by atoms with Gasteiger partial charge in [-0.15, -0.1) is 0 Å². The fourth-order valence-corrected chi connectivity index (χ4v) is 1.85. The molecule has 72 valence electrons. The highest BCUT2D eigenvalue weighted by Gasteiger charge is 2.06. The van der Waals surface area contributed by atoms with Crippen LogP contribution in [-0.2, 0) is 0 Å². The molecule has 14 heavy (non-hydrogen) atoms. The van der Waals surface area contributed by atoms with Crippen molar-refractivity contribution >= 4 is 10.9 Å². The van der Waals surface area contributed by atoms with Crippen LogP contribution in [0.15, 0.2) is 18.2 Å². The van der Waals surface area contributed by atoms with E-state index >= 15 is 0 Å². The number of aromatic nitrogens is 1. The molecule has 0 unspecified atom stereocenters. The predicted molar refractivity (Wildman–Crippen MR) is 57.6 cm³/mol. The molecule has 1 N–H and O–H groups in total. The molecule has 0 bridgehead atoms. The van der Waals surface area contributed by atoms with Crippen molar-refractivity contribution in [3.8, 4) is 5.88 Å². The number of fused-ring (bicyclic) bond motifs is 1. The standard InChI is InChI=1S/C12H13NO/c1-7-4-5-8(2)12-11(7)9(3)6-10(14)13-12/h4-6H,1-3H3,(H,13,14). The van der Waals surface area contributed by atoms with E-state index in [1.165, 1.54) is 5.56 Å². The summed E-state index contributed by atoms with van der Waals surface area (Å²) in [7, 11) is 0. The normalized spacial score (nSPS) is 10.8. The fraction of sp³-hybridized carbons (Fsp3) is 0.250. The molecule has 0 spiro atoms. The number of hydrogen-bond acceptors (Lipinski definition) is 2. The summed E-state index contributed by atoms with van der Waals surface area (Å²) in [5.41, 5.74) is 4.29. The molecule has 2 rings (SSSR count). The van der Waals surface area contributed by atoms with Gasteiger partial charge in [-0.1, -0.05) is 12.1 Å². The molecule has 2 aromatic rings. The first-order chi connectivity index (χ1) is 6.59. The van der Waals surface area contributed by atoms with Gasteiger partial charge in [-0.3, -0.25) is 0 Å². The molecule has 0 atom stereocenters. The molecule has 0 saturated carbocycles. The van der Waals surface area contributed by atoms with Gasteiger partial charge in [-0.2, -0.15) is 0 Å². The molecule has 1 heterocycles. The van der Waals surface area contributed by atoms with E-state index in [-0.39, 0.29) is 5.88 Å². The van der Waals surface area contributed by atoms with Crippen molar-refractivity contribution in [1.29, 1.82) is 0 Å². The third-order valence-electron chi connectivity index (χ3n) is 2.55. The lowest BCUT2D eigenvalue weighted by Crippen LogP contribution is -1.89. The van der Waals surface area contributed by atoms with E-state index in [2.05, 4.69) is 18.0 Å². The Labute approximate surface area is 83.2 Å². The minimum Gasteiger partial charge on any atom is -0.493 e. The van der Waals surface area contributed by atoms with Crippen LogP contribution in [0.25, 0.3) is 10.9 Å². The average Bonchev–Trinajstić information content (AvgIpc) is 2.10. The molecular weight excluding hydrogens is 174 g/mol. The Morgan fingerprint density at radius 2 is 1.64 bits per heavy atom. The molecule has 0 saturated heterocycles. The molecule has 0 aliphatic heterocycles. The van der Waals surface area contributed by atoms with Crippen molar-refractivity contribution in [2.45, 2.75) is 20.8 Å². The number of aromatic hydroxyl groups is 1. The third kappa shape index (κ3) is 1.23. The maximum Gasteiger partial charge on any atom is 0.211 e. The monoisotopic (exact) mass is 187 g/mol. The number of pyridine rings is 1. The fourth-order valence-electron chi connectivity index (χ4n) is 1.85. The first kappa shape index (κ1) is 9.00. The van der Waals surface area contributed by atoms with Crippen LogP contribution in [0.5, 0.6) is 5.88 Å². The second kappa shape index (κ2) is 2.98. The van der Waals surface area contributed by atoms with Crippen LogP contribution in [0.4, 0.5) is 0 Å². The van der Waals surface area contributed by atoms with Crippen molar-refractivity contribution in [3.05, 3.63) is 34.9 Å². The number of hydrogen-bond donors (Lipinski definition) is 1. The van der Waals surface area contributed by atoms with Gasteiger partial charge >= 0.3 is 0 Å². The molecule has 2 heteroatoms. The van der Waals surface area contributed by atoms with Crippen LogP contribution in [0.1, 0.15) is 16.7 Å². The largest absolute Gasteiger partial charge is 0.493 e. The zero-order valence-electron chi connectivity index (χ0n) is 8.63. The molecule has 1 aromatic carbocycles. The van der Waals surface area contributed by atoms with Crippen LogP contribution in [0.3, 0.4) is 0 Å². The van der Waals surface area contributed by atoms with Crippen molar-refractivity contribution < 1.29 is 5.11 Å². The van der Waals surface area contributed by atoms with Gasteiger partial charge < -0.3 is 5.11 Å².